The summed E-state index contributed by atoms with van der Waals surface area (Å²) in [6.07, 6.45) is 2.99. The molecule has 2 aromatic heterocycles. The average Bonchev–Trinajstić information content (AvgIpc) is 2.89. The Labute approximate surface area is 126 Å². The molecule has 0 amide bonds. The zero-order valence-corrected chi connectivity index (χ0v) is 13.0. The highest BCUT2D eigenvalue weighted by Gasteiger charge is 2.36. The van der Waals surface area contributed by atoms with E-state index in [1.807, 2.05) is 12.1 Å². The maximum atomic E-state index is 5.91. The van der Waals surface area contributed by atoms with Crippen LogP contribution in [0.1, 0.15) is 42.6 Å². The molecule has 3 unspecified atom stereocenters. The van der Waals surface area contributed by atoms with Gasteiger partial charge in [-0.25, -0.2) is 0 Å². The summed E-state index contributed by atoms with van der Waals surface area (Å²) in [6.45, 7) is 3.86. The summed E-state index contributed by atoms with van der Waals surface area (Å²) in [5, 5.41) is 3.46. The van der Waals surface area contributed by atoms with Gasteiger partial charge in [-0.05, 0) is 50.7 Å². The molecule has 0 aromatic carbocycles. The lowest BCUT2D eigenvalue weighted by atomic mass is 10.2. The van der Waals surface area contributed by atoms with Gasteiger partial charge in [0.2, 0.25) is 0 Å². The number of likely N-dealkylation sites (N-methyl/N-ethyl adjacent to an activating group) is 1. The number of nitrogens with one attached hydrogen (secondary N) is 1. The minimum Gasteiger partial charge on any atom is -0.468 e. The molecule has 4 heteroatoms. The molecule has 4 nitrogen and oxygen atoms in total. The molecule has 3 rings (SSSR count). The second kappa shape index (κ2) is 6.08. The molecule has 0 radical (unpaired) electrons. The van der Waals surface area contributed by atoms with Crippen molar-refractivity contribution in [3.8, 4) is 0 Å². The van der Waals surface area contributed by atoms with Gasteiger partial charge < -0.3 is 14.2 Å². The summed E-state index contributed by atoms with van der Waals surface area (Å²) in [5.74, 6) is 4.58. The van der Waals surface area contributed by atoms with Crippen molar-refractivity contribution < 1.29 is 8.83 Å². The summed E-state index contributed by atoms with van der Waals surface area (Å²) in [5.41, 5.74) is 0. The predicted octanol–water partition coefficient (Wildman–Crippen LogP) is 3.39. The highest BCUT2D eigenvalue weighted by molar-refractivity contribution is 5.17. The number of nitrogens with zero attached hydrogens (tertiary/aromatic N) is 1. The van der Waals surface area contributed by atoms with E-state index in [1.165, 1.54) is 6.42 Å². The standard InChI is InChI=1S/C17H24N2O2/c1-12-9-14(12)16-7-6-13(21-16)10-18-11-15(19(2)3)17-5-4-8-20-17/h4-8,12,14-15,18H,9-11H2,1-3H3. The quantitative estimate of drug-likeness (QED) is 0.848. The van der Waals surface area contributed by atoms with Crippen LogP contribution in [0.15, 0.2) is 39.4 Å². The SMILES string of the molecule is CC1CC1c1ccc(CNCC(c2ccco2)N(C)C)o1. The third kappa shape index (κ3) is 3.39. The van der Waals surface area contributed by atoms with E-state index in [1.54, 1.807) is 6.26 Å². The molecule has 0 bridgehead atoms. The van der Waals surface area contributed by atoms with Crippen LogP contribution in [0.4, 0.5) is 0 Å². The first-order valence-electron chi connectivity index (χ1n) is 7.64. The van der Waals surface area contributed by atoms with E-state index in [-0.39, 0.29) is 6.04 Å². The maximum absolute atomic E-state index is 5.91. The van der Waals surface area contributed by atoms with E-state index in [4.69, 9.17) is 8.83 Å². The van der Waals surface area contributed by atoms with Gasteiger partial charge in [-0.3, -0.25) is 4.90 Å². The molecule has 0 spiro atoms. The van der Waals surface area contributed by atoms with Crippen LogP contribution in [0.2, 0.25) is 0 Å². The average molecular weight is 288 g/mol. The molecule has 2 heterocycles. The Balaban J connectivity index is 1.51. The zero-order valence-electron chi connectivity index (χ0n) is 13.0. The molecule has 2 aromatic rings. The Morgan fingerprint density at radius 2 is 2.14 bits per heavy atom. The van der Waals surface area contributed by atoms with Gasteiger partial charge in [0.25, 0.3) is 0 Å². The maximum Gasteiger partial charge on any atom is 0.122 e. The highest BCUT2D eigenvalue weighted by Crippen LogP contribution is 2.47. The molecule has 114 valence electrons. The van der Waals surface area contributed by atoms with Crippen molar-refractivity contribution in [1.29, 1.82) is 0 Å². The van der Waals surface area contributed by atoms with Crippen LogP contribution in [-0.2, 0) is 6.54 Å². The van der Waals surface area contributed by atoms with Crippen molar-refractivity contribution >= 4 is 0 Å². The summed E-state index contributed by atoms with van der Waals surface area (Å²) >= 11 is 0. The number of furan rings is 2. The predicted molar refractivity (Wildman–Crippen MR) is 82.1 cm³/mol. The number of hydrogen-bond acceptors (Lipinski definition) is 4. The van der Waals surface area contributed by atoms with E-state index < -0.39 is 0 Å². The molecule has 1 aliphatic carbocycles. The van der Waals surface area contributed by atoms with Crippen LogP contribution in [0, 0.1) is 5.92 Å². The smallest absolute Gasteiger partial charge is 0.122 e. The second-order valence-corrected chi connectivity index (χ2v) is 6.25. The molecule has 1 fully saturated rings. The molecule has 0 aliphatic heterocycles. The van der Waals surface area contributed by atoms with Gasteiger partial charge in [-0.1, -0.05) is 6.92 Å². The highest BCUT2D eigenvalue weighted by atomic mass is 16.3. The Morgan fingerprint density at radius 1 is 1.33 bits per heavy atom. The van der Waals surface area contributed by atoms with Crippen molar-refractivity contribution in [2.45, 2.75) is 31.8 Å². The van der Waals surface area contributed by atoms with Crippen LogP contribution in [0.25, 0.3) is 0 Å². The fraction of sp³-hybridized carbons (Fsp3) is 0.529. The van der Waals surface area contributed by atoms with E-state index in [0.29, 0.717) is 5.92 Å². The summed E-state index contributed by atoms with van der Waals surface area (Å²) < 4.78 is 11.4. The first kappa shape index (κ1) is 14.4. The number of rotatable bonds is 7. The lowest BCUT2D eigenvalue weighted by Gasteiger charge is -2.22. The fourth-order valence-electron chi connectivity index (χ4n) is 2.76. The molecule has 0 saturated heterocycles. The Morgan fingerprint density at radius 3 is 2.76 bits per heavy atom. The van der Waals surface area contributed by atoms with E-state index in [9.17, 15) is 0 Å². The lowest BCUT2D eigenvalue weighted by molar-refractivity contribution is 0.248. The molecule has 21 heavy (non-hydrogen) atoms. The zero-order chi connectivity index (χ0) is 14.8. The van der Waals surface area contributed by atoms with Crippen LogP contribution in [0.3, 0.4) is 0 Å². The van der Waals surface area contributed by atoms with Gasteiger partial charge >= 0.3 is 0 Å². The third-order valence-corrected chi connectivity index (χ3v) is 4.29. The topological polar surface area (TPSA) is 41.6 Å². The lowest BCUT2D eigenvalue weighted by Crippen LogP contribution is -2.30. The summed E-state index contributed by atoms with van der Waals surface area (Å²) in [7, 11) is 4.13. The van der Waals surface area contributed by atoms with Gasteiger partial charge in [-0.2, -0.15) is 0 Å². The van der Waals surface area contributed by atoms with Crippen LogP contribution in [0.5, 0.6) is 0 Å². The summed E-state index contributed by atoms with van der Waals surface area (Å²) in [6, 6.07) is 8.40. The van der Waals surface area contributed by atoms with Crippen molar-refractivity contribution in [1.82, 2.24) is 10.2 Å². The number of hydrogen-bond donors (Lipinski definition) is 1. The van der Waals surface area contributed by atoms with Crippen LogP contribution < -0.4 is 5.32 Å². The fourth-order valence-corrected chi connectivity index (χ4v) is 2.76. The van der Waals surface area contributed by atoms with E-state index in [0.717, 1.165) is 36.3 Å². The molecule has 1 N–H and O–H groups in total. The first-order chi connectivity index (χ1) is 10.1. The van der Waals surface area contributed by atoms with Gasteiger partial charge in [0, 0.05) is 12.5 Å². The van der Waals surface area contributed by atoms with Crippen molar-refractivity contribution in [3.05, 3.63) is 47.8 Å². The molecular formula is C17H24N2O2. The molecule has 3 atom stereocenters. The van der Waals surface area contributed by atoms with E-state index in [2.05, 4.69) is 43.4 Å². The normalized spacial score (nSPS) is 22.7. The monoisotopic (exact) mass is 288 g/mol. The minimum absolute atomic E-state index is 0.234. The van der Waals surface area contributed by atoms with Gasteiger partial charge in [0.15, 0.2) is 0 Å². The van der Waals surface area contributed by atoms with E-state index >= 15 is 0 Å². The van der Waals surface area contributed by atoms with Gasteiger partial charge in [-0.15, -0.1) is 0 Å². The Hall–Kier alpha value is -1.52. The van der Waals surface area contributed by atoms with Crippen LogP contribution >= 0.6 is 0 Å². The first-order valence-corrected chi connectivity index (χ1v) is 7.64. The molecule has 1 aliphatic rings. The molecule has 1 saturated carbocycles. The van der Waals surface area contributed by atoms with Crippen molar-refractivity contribution in [2.24, 2.45) is 5.92 Å². The van der Waals surface area contributed by atoms with Crippen LogP contribution in [-0.4, -0.2) is 25.5 Å². The summed E-state index contributed by atoms with van der Waals surface area (Å²) in [4.78, 5) is 2.16. The van der Waals surface area contributed by atoms with Crippen molar-refractivity contribution in [2.75, 3.05) is 20.6 Å². The largest absolute Gasteiger partial charge is 0.468 e. The Kier molecular flexibility index (Phi) is 4.17. The van der Waals surface area contributed by atoms with Gasteiger partial charge in [0.05, 0.1) is 18.8 Å². The Bertz CT molecular complexity index is 559. The minimum atomic E-state index is 0.234. The van der Waals surface area contributed by atoms with Crippen molar-refractivity contribution in [3.63, 3.8) is 0 Å². The third-order valence-electron chi connectivity index (χ3n) is 4.29. The van der Waals surface area contributed by atoms with Gasteiger partial charge in [0.1, 0.15) is 17.3 Å². The molecular weight excluding hydrogens is 264 g/mol. The second-order valence-electron chi connectivity index (χ2n) is 6.25.